The highest BCUT2D eigenvalue weighted by molar-refractivity contribution is 7.98. The van der Waals surface area contributed by atoms with Crippen molar-refractivity contribution < 1.29 is 9.94 Å². The fourth-order valence-corrected chi connectivity index (χ4v) is 2.57. The molecule has 0 saturated carbocycles. The number of amidine groups is 1. The third-order valence-electron chi connectivity index (χ3n) is 2.95. The zero-order chi connectivity index (χ0) is 15.4. The Morgan fingerprint density at radius 1 is 1.33 bits per heavy atom. The topological polar surface area (TPSA) is 80.7 Å². The van der Waals surface area contributed by atoms with Gasteiger partial charge in [0.15, 0.2) is 5.84 Å². The van der Waals surface area contributed by atoms with Crippen molar-refractivity contribution in [2.24, 2.45) is 10.9 Å². The van der Waals surface area contributed by atoms with Gasteiger partial charge in [-0.2, -0.15) is 0 Å². The number of pyridine rings is 1. The van der Waals surface area contributed by atoms with Crippen molar-refractivity contribution in [2.75, 3.05) is 6.26 Å². The van der Waals surface area contributed by atoms with Crippen LogP contribution in [0.25, 0.3) is 0 Å². The van der Waals surface area contributed by atoms with Crippen LogP contribution in [0, 0.1) is 13.8 Å². The summed E-state index contributed by atoms with van der Waals surface area (Å²) in [5.74, 6) is 1.01. The second kappa shape index (κ2) is 6.49. The number of aromatic nitrogens is 1. The van der Waals surface area contributed by atoms with Crippen LogP contribution in [0.3, 0.4) is 0 Å². The molecule has 0 fully saturated rings. The molecule has 0 saturated heterocycles. The van der Waals surface area contributed by atoms with Crippen LogP contribution in [0.4, 0.5) is 0 Å². The molecule has 0 amide bonds. The summed E-state index contributed by atoms with van der Waals surface area (Å²) in [4.78, 5) is 5.36. The van der Waals surface area contributed by atoms with Crippen molar-refractivity contribution in [3.63, 3.8) is 0 Å². The van der Waals surface area contributed by atoms with Gasteiger partial charge in [-0.05, 0) is 43.9 Å². The smallest absolute Gasteiger partial charge is 0.230 e. The zero-order valence-electron chi connectivity index (χ0n) is 12.1. The van der Waals surface area contributed by atoms with E-state index < -0.39 is 0 Å². The molecule has 2 rings (SSSR count). The van der Waals surface area contributed by atoms with Crippen LogP contribution >= 0.6 is 11.8 Å². The number of nitrogens with zero attached hydrogens (tertiary/aromatic N) is 2. The number of benzene rings is 1. The van der Waals surface area contributed by atoms with Crippen LogP contribution in [0.5, 0.6) is 11.6 Å². The van der Waals surface area contributed by atoms with Crippen LogP contribution in [-0.4, -0.2) is 22.3 Å². The molecule has 2 aromatic rings. The SMILES string of the molecule is CSc1ccccc1Oc1nc(C)cc(C)c1C(N)=NO. The lowest BCUT2D eigenvalue weighted by Gasteiger charge is -2.14. The first kappa shape index (κ1) is 15.2. The summed E-state index contributed by atoms with van der Waals surface area (Å²) in [6, 6.07) is 9.52. The molecule has 0 aliphatic rings. The zero-order valence-corrected chi connectivity index (χ0v) is 12.9. The van der Waals surface area contributed by atoms with E-state index in [4.69, 9.17) is 15.7 Å². The van der Waals surface area contributed by atoms with E-state index in [0.29, 0.717) is 17.2 Å². The molecule has 0 atom stereocenters. The van der Waals surface area contributed by atoms with Gasteiger partial charge in [-0.3, -0.25) is 0 Å². The highest BCUT2D eigenvalue weighted by Crippen LogP contribution is 2.32. The highest BCUT2D eigenvalue weighted by Gasteiger charge is 2.16. The summed E-state index contributed by atoms with van der Waals surface area (Å²) >= 11 is 1.58. The molecule has 0 aliphatic heterocycles. The molecule has 1 aromatic heterocycles. The maximum Gasteiger partial charge on any atom is 0.230 e. The summed E-state index contributed by atoms with van der Waals surface area (Å²) in [6.07, 6.45) is 1.97. The third-order valence-corrected chi connectivity index (χ3v) is 3.73. The molecule has 0 bridgehead atoms. The van der Waals surface area contributed by atoms with E-state index in [2.05, 4.69) is 10.1 Å². The maximum absolute atomic E-state index is 8.95. The molecule has 1 heterocycles. The number of thioether (sulfide) groups is 1. The van der Waals surface area contributed by atoms with Gasteiger partial charge in [0.1, 0.15) is 5.75 Å². The van der Waals surface area contributed by atoms with Gasteiger partial charge < -0.3 is 15.7 Å². The summed E-state index contributed by atoms with van der Waals surface area (Å²) in [7, 11) is 0. The minimum Gasteiger partial charge on any atom is -0.437 e. The Bertz CT molecular complexity index is 687. The predicted molar refractivity (Wildman–Crippen MR) is 84.5 cm³/mol. The van der Waals surface area contributed by atoms with Crippen LogP contribution in [0.2, 0.25) is 0 Å². The first-order valence-corrected chi connectivity index (χ1v) is 7.56. The molecule has 6 heteroatoms. The number of hydrogen-bond donors (Lipinski definition) is 2. The van der Waals surface area contributed by atoms with E-state index in [9.17, 15) is 0 Å². The summed E-state index contributed by atoms with van der Waals surface area (Å²) in [5.41, 5.74) is 7.89. The van der Waals surface area contributed by atoms with Crippen molar-refractivity contribution in [3.05, 3.63) is 47.2 Å². The Balaban J connectivity index is 2.53. The second-order valence-corrected chi connectivity index (χ2v) is 5.35. The van der Waals surface area contributed by atoms with Crippen LogP contribution in [0.1, 0.15) is 16.8 Å². The summed E-state index contributed by atoms with van der Waals surface area (Å²) in [6.45, 7) is 3.74. The van der Waals surface area contributed by atoms with Gasteiger partial charge in [-0.25, -0.2) is 4.98 Å². The molecule has 110 valence electrons. The van der Waals surface area contributed by atoms with Gasteiger partial charge in [-0.1, -0.05) is 17.3 Å². The Kier molecular flexibility index (Phi) is 4.70. The van der Waals surface area contributed by atoms with Gasteiger partial charge in [0.2, 0.25) is 5.88 Å². The van der Waals surface area contributed by atoms with Crippen molar-refractivity contribution >= 4 is 17.6 Å². The third kappa shape index (κ3) is 3.28. The summed E-state index contributed by atoms with van der Waals surface area (Å²) < 4.78 is 5.91. The number of para-hydroxylation sites is 1. The van der Waals surface area contributed by atoms with Crippen LogP contribution in [-0.2, 0) is 0 Å². The fourth-order valence-electron chi connectivity index (χ4n) is 2.05. The van der Waals surface area contributed by atoms with Gasteiger partial charge in [0, 0.05) is 10.6 Å². The second-order valence-electron chi connectivity index (χ2n) is 4.50. The molecular formula is C15H17N3O2S. The molecule has 3 N–H and O–H groups in total. The standard InChI is InChI=1S/C15H17N3O2S/c1-9-8-10(2)17-15(13(9)14(16)18-19)20-11-6-4-5-7-12(11)21-3/h4-8,19H,1-3H3,(H2,16,18). The number of ether oxygens (including phenoxy) is 1. The molecule has 0 aliphatic carbocycles. The monoisotopic (exact) mass is 303 g/mol. The number of nitrogens with two attached hydrogens (primary N) is 1. The van der Waals surface area contributed by atoms with Gasteiger partial charge >= 0.3 is 0 Å². The van der Waals surface area contributed by atoms with Gasteiger partial charge in [-0.15, -0.1) is 11.8 Å². The van der Waals surface area contributed by atoms with Crippen molar-refractivity contribution in [2.45, 2.75) is 18.7 Å². The fraction of sp³-hybridized carbons (Fsp3) is 0.200. The number of aryl methyl sites for hydroxylation is 2. The lowest BCUT2D eigenvalue weighted by atomic mass is 10.1. The van der Waals surface area contributed by atoms with E-state index in [0.717, 1.165) is 16.2 Å². The van der Waals surface area contributed by atoms with Crippen LogP contribution in [0.15, 0.2) is 40.4 Å². The van der Waals surface area contributed by atoms with Gasteiger partial charge in [0.25, 0.3) is 0 Å². The largest absolute Gasteiger partial charge is 0.437 e. The Labute approximate surface area is 127 Å². The Morgan fingerprint density at radius 2 is 2.05 bits per heavy atom. The first-order valence-electron chi connectivity index (χ1n) is 6.33. The molecular weight excluding hydrogens is 286 g/mol. The number of rotatable bonds is 4. The average Bonchev–Trinajstić information content (AvgIpc) is 2.46. The molecule has 0 radical (unpaired) electrons. The highest BCUT2D eigenvalue weighted by atomic mass is 32.2. The van der Waals surface area contributed by atoms with Crippen molar-refractivity contribution in [3.8, 4) is 11.6 Å². The van der Waals surface area contributed by atoms with E-state index >= 15 is 0 Å². The van der Waals surface area contributed by atoms with Crippen LogP contribution < -0.4 is 10.5 Å². The first-order chi connectivity index (χ1) is 10.1. The van der Waals surface area contributed by atoms with E-state index in [1.54, 1.807) is 11.8 Å². The molecule has 21 heavy (non-hydrogen) atoms. The van der Waals surface area contributed by atoms with E-state index in [-0.39, 0.29) is 5.84 Å². The Morgan fingerprint density at radius 3 is 2.71 bits per heavy atom. The molecule has 1 aromatic carbocycles. The van der Waals surface area contributed by atoms with E-state index in [1.165, 1.54) is 0 Å². The lowest BCUT2D eigenvalue weighted by Crippen LogP contribution is -2.17. The number of oxime groups is 1. The minimum atomic E-state index is -0.0170. The summed E-state index contributed by atoms with van der Waals surface area (Å²) in [5, 5.41) is 12.0. The normalized spacial score (nSPS) is 11.5. The quantitative estimate of drug-likeness (QED) is 0.298. The Hall–Kier alpha value is -2.21. The lowest BCUT2D eigenvalue weighted by molar-refractivity contribution is 0.318. The number of hydrogen-bond acceptors (Lipinski definition) is 5. The van der Waals surface area contributed by atoms with Crippen molar-refractivity contribution in [1.29, 1.82) is 0 Å². The van der Waals surface area contributed by atoms with Crippen molar-refractivity contribution in [1.82, 2.24) is 4.98 Å². The minimum absolute atomic E-state index is 0.0170. The maximum atomic E-state index is 8.95. The molecule has 5 nitrogen and oxygen atoms in total. The molecule has 0 spiro atoms. The predicted octanol–water partition coefficient (Wildman–Crippen LogP) is 3.31. The van der Waals surface area contributed by atoms with Gasteiger partial charge in [0.05, 0.1) is 5.56 Å². The molecule has 0 unspecified atom stereocenters. The van der Waals surface area contributed by atoms with E-state index in [1.807, 2.05) is 50.4 Å². The average molecular weight is 303 g/mol.